The number of rotatable bonds is 3. The van der Waals surface area contributed by atoms with Gasteiger partial charge in [-0.25, -0.2) is 14.8 Å². The van der Waals surface area contributed by atoms with Gasteiger partial charge in [-0.3, -0.25) is 0 Å². The molecule has 0 bridgehead atoms. The molecule has 1 aliphatic heterocycles. The minimum absolute atomic E-state index is 0.0568. The lowest BCUT2D eigenvalue weighted by Gasteiger charge is -2.39. The van der Waals surface area contributed by atoms with Gasteiger partial charge in [-0.15, -0.1) is 0 Å². The summed E-state index contributed by atoms with van der Waals surface area (Å²) in [4.78, 5) is 20.8. The fraction of sp³-hybridized carbons (Fsp3) is 0.538. The molecule has 1 fully saturated rings. The second-order valence-electron chi connectivity index (χ2n) is 5.44. The van der Waals surface area contributed by atoms with Crippen molar-refractivity contribution in [3.63, 3.8) is 0 Å². The number of halogens is 1. The fourth-order valence-corrected chi connectivity index (χ4v) is 2.50. The number of carbonyl (C=O) groups is 1. The summed E-state index contributed by atoms with van der Waals surface area (Å²) in [6, 6.07) is 1.88. The molecule has 1 saturated heterocycles. The normalized spacial score (nSPS) is 17.1. The van der Waals surface area contributed by atoms with Gasteiger partial charge < -0.3 is 15.3 Å². The van der Waals surface area contributed by atoms with Crippen LogP contribution >= 0.6 is 11.6 Å². The Hall–Kier alpha value is -2.07. The van der Waals surface area contributed by atoms with Gasteiger partial charge in [0.1, 0.15) is 11.9 Å². The Morgan fingerprint density at radius 1 is 1.62 bits per heavy atom. The molecular formula is C13H16ClN5O2. The van der Waals surface area contributed by atoms with Gasteiger partial charge in [0, 0.05) is 19.6 Å². The Balaban J connectivity index is 1.99. The number of anilines is 1. The van der Waals surface area contributed by atoms with Crippen LogP contribution in [0.1, 0.15) is 25.5 Å². The SMILES string of the molecule is CC1(CNC(=O)O)CCN(c2cnc(C#N)c(Cl)n2)CC1. The van der Waals surface area contributed by atoms with Crippen LogP contribution in [-0.2, 0) is 0 Å². The van der Waals surface area contributed by atoms with Crippen molar-refractivity contribution in [1.82, 2.24) is 15.3 Å². The summed E-state index contributed by atoms with van der Waals surface area (Å²) in [5.74, 6) is 0.646. The minimum Gasteiger partial charge on any atom is -0.465 e. The largest absolute Gasteiger partial charge is 0.465 e. The molecule has 1 amide bonds. The molecule has 2 heterocycles. The van der Waals surface area contributed by atoms with Crippen LogP contribution < -0.4 is 10.2 Å². The van der Waals surface area contributed by atoms with E-state index in [1.54, 1.807) is 6.20 Å². The summed E-state index contributed by atoms with van der Waals surface area (Å²) in [6.07, 6.45) is 2.23. The maximum Gasteiger partial charge on any atom is 0.404 e. The molecule has 0 aromatic carbocycles. The number of hydrogen-bond acceptors (Lipinski definition) is 5. The summed E-state index contributed by atoms with van der Waals surface area (Å²) in [7, 11) is 0. The fourth-order valence-electron chi connectivity index (χ4n) is 2.33. The van der Waals surface area contributed by atoms with Crippen molar-refractivity contribution in [2.75, 3.05) is 24.5 Å². The lowest BCUT2D eigenvalue weighted by atomic mass is 9.80. The Labute approximate surface area is 127 Å². The lowest BCUT2D eigenvalue weighted by molar-refractivity contribution is 0.178. The van der Waals surface area contributed by atoms with Gasteiger partial charge in [0.05, 0.1) is 6.20 Å². The molecule has 1 aromatic rings. The summed E-state index contributed by atoms with van der Waals surface area (Å²) in [6.45, 7) is 4.00. The average molecular weight is 310 g/mol. The summed E-state index contributed by atoms with van der Waals surface area (Å²) >= 11 is 5.89. The Morgan fingerprint density at radius 3 is 2.81 bits per heavy atom. The Morgan fingerprint density at radius 2 is 2.29 bits per heavy atom. The first-order valence-corrected chi connectivity index (χ1v) is 6.96. The molecule has 0 radical (unpaired) electrons. The van der Waals surface area contributed by atoms with Gasteiger partial charge >= 0.3 is 6.09 Å². The van der Waals surface area contributed by atoms with Crippen LogP contribution in [0.2, 0.25) is 5.15 Å². The highest BCUT2D eigenvalue weighted by Crippen LogP contribution is 2.32. The van der Waals surface area contributed by atoms with Crippen molar-refractivity contribution in [3.05, 3.63) is 17.0 Å². The third-order valence-electron chi connectivity index (χ3n) is 3.78. The molecule has 0 unspecified atom stereocenters. The zero-order valence-electron chi connectivity index (χ0n) is 11.6. The molecule has 1 aromatic heterocycles. The van der Waals surface area contributed by atoms with Crippen molar-refractivity contribution in [3.8, 4) is 6.07 Å². The molecule has 0 aliphatic carbocycles. The predicted molar refractivity (Wildman–Crippen MR) is 77.3 cm³/mol. The topological polar surface area (TPSA) is 102 Å². The minimum atomic E-state index is -0.997. The Bertz CT molecular complexity index is 578. The molecular weight excluding hydrogens is 294 g/mol. The third-order valence-corrected chi connectivity index (χ3v) is 4.05. The number of aromatic nitrogens is 2. The third kappa shape index (κ3) is 3.73. The maximum atomic E-state index is 10.6. The highest BCUT2D eigenvalue weighted by molar-refractivity contribution is 6.30. The highest BCUT2D eigenvalue weighted by atomic mass is 35.5. The lowest BCUT2D eigenvalue weighted by Crippen LogP contribution is -2.44. The van der Waals surface area contributed by atoms with Crippen molar-refractivity contribution >= 4 is 23.5 Å². The maximum absolute atomic E-state index is 10.6. The zero-order valence-corrected chi connectivity index (χ0v) is 12.4. The first kappa shape index (κ1) is 15.3. The molecule has 1 aliphatic rings. The molecule has 21 heavy (non-hydrogen) atoms. The van der Waals surface area contributed by atoms with Gasteiger partial charge in [-0.05, 0) is 18.3 Å². The summed E-state index contributed by atoms with van der Waals surface area (Å²) in [5.41, 5.74) is 0.0616. The molecule has 2 rings (SSSR count). The first-order valence-electron chi connectivity index (χ1n) is 6.58. The van der Waals surface area contributed by atoms with Gasteiger partial charge in [-0.1, -0.05) is 18.5 Å². The zero-order chi connectivity index (χ0) is 15.5. The Kier molecular flexibility index (Phi) is 4.48. The standard InChI is InChI=1S/C13H16ClN5O2/c1-13(8-17-12(20)21)2-4-19(5-3-13)10-7-16-9(6-15)11(14)18-10/h7,17H,2-5,8H2,1H3,(H,20,21). The number of nitrogens with zero attached hydrogens (tertiary/aromatic N) is 4. The van der Waals surface area contributed by atoms with E-state index in [1.165, 1.54) is 0 Å². The van der Waals surface area contributed by atoms with E-state index in [-0.39, 0.29) is 16.3 Å². The van der Waals surface area contributed by atoms with Crippen LogP contribution in [0.5, 0.6) is 0 Å². The van der Waals surface area contributed by atoms with Crippen molar-refractivity contribution in [1.29, 1.82) is 5.26 Å². The number of nitrogens with one attached hydrogen (secondary N) is 1. The van der Waals surface area contributed by atoms with Gasteiger partial charge in [0.2, 0.25) is 0 Å². The number of hydrogen-bond donors (Lipinski definition) is 2. The molecule has 7 nitrogen and oxygen atoms in total. The van der Waals surface area contributed by atoms with Crippen molar-refractivity contribution < 1.29 is 9.90 Å². The van der Waals surface area contributed by atoms with E-state index in [0.29, 0.717) is 12.4 Å². The molecule has 0 saturated carbocycles. The number of piperidine rings is 1. The van der Waals surface area contributed by atoms with Crippen LogP contribution in [0, 0.1) is 16.7 Å². The summed E-state index contributed by atoms with van der Waals surface area (Å²) in [5, 5.41) is 20.0. The number of carboxylic acid groups (broad SMARTS) is 1. The van der Waals surface area contributed by atoms with Gasteiger partial charge in [-0.2, -0.15) is 5.26 Å². The van der Waals surface area contributed by atoms with E-state index in [9.17, 15) is 4.79 Å². The quantitative estimate of drug-likeness (QED) is 0.883. The second-order valence-corrected chi connectivity index (χ2v) is 5.79. The highest BCUT2D eigenvalue weighted by Gasteiger charge is 2.31. The number of nitriles is 1. The van der Waals surface area contributed by atoms with E-state index in [0.717, 1.165) is 25.9 Å². The smallest absolute Gasteiger partial charge is 0.404 e. The van der Waals surface area contributed by atoms with E-state index < -0.39 is 6.09 Å². The molecule has 0 spiro atoms. The van der Waals surface area contributed by atoms with Crippen molar-refractivity contribution in [2.45, 2.75) is 19.8 Å². The van der Waals surface area contributed by atoms with Crippen LogP contribution in [-0.4, -0.2) is 40.8 Å². The second kappa shape index (κ2) is 6.14. The van der Waals surface area contributed by atoms with Gasteiger partial charge in [0.25, 0.3) is 0 Å². The number of amides is 1. The van der Waals surface area contributed by atoms with Crippen molar-refractivity contribution in [2.24, 2.45) is 5.41 Å². The first-order chi connectivity index (χ1) is 9.93. The molecule has 8 heteroatoms. The average Bonchev–Trinajstić information content (AvgIpc) is 2.46. The van der Waals surface area contributed by atoms with Crippen LogP contribution in [0.3, 0.4) is 0 Å². The van der Waals surface area contributed by atoms with Crippen LogP contribution in [0.25, 0.3) is 0 Å². The molecule has 2 N–H and O–H groups in total. The molecule has 112 valence electrons. The molecule has 0 atom stereocenters. The van der Waals surface area contributed by atoms with E-state index >= 15 is 0 Å². The monoisotopic (exact) mass is 309 g/mol. The van der Waals surface area contributed by atoms with E-state index in [4.69, 9.17) is 22.0 Å². The summed E-state index contributed by atoms with van der Waals surface area (Å²) < 4.78 is 0. The van der Waals surface area contributed by atoms with Gasteiger partial charge in [0.15, 0.2) is 10.8 Å². The van der Waals surface area contributed by atoms with E-state index in [2.05, 4.69) is 22.2 Å². The predicted octanol–water partition coefficient (Wildman–Crippen LogP) is 1.88. The van der Waals surface area contributed by atoms with E-state index in [1.807, 2.05) is 11.0 Å². The van der Waals surface area contributed by atoms with Crippen LogP contribution in [0.15, 0.2) is 6.20 Å². The van der Waals surface area contributed by atoms with Crippen LogP contribution in [0.4, 0.5) is 10.6 Å².